The van der Waals surface area contributed by atoms with E-state index in [9.17, 15) is 13.8 Å². The van der Waals surface area contributed by atoms with Crippen LogP contribution in [0, 0.1) is 6.92 Å². The van der Waals surface area contributed by atoms with E-state index >= 15 is 0 Å². The first-order valence-electron chi connectivity index (χ1n) is 11.0. The highest BCUT2D eigenvalue weighted by Crippen LogP contribution is 2.27. The molecule has 1 saturated heterocycles. The summed E-state index contributed by atoms with van der Waals surface area (Å²) in [6.45, 7) is 3.14. The lowest BCUT2D eigenvalue weighted by Gasteiger charge is -2.29. The van der Waals surface area contributed by atoms with Crippen molar-refractivity contribution in [2.75, 3.05) is 41.4 Å². The first-order chi connectivity index (χ1) is 16.8. The van der Waals surface area contributed by atoms with E-state index in [1.54, 1.807) is 36.4 Å². The van der Waals surface area contributed by atoms with Crippen LogP contribution in [0.3, 0.4) is 0 Å². The molecule has 0 saturated carbocycles. The highest BCUT2D eigenvalue weighted by Gasteiger charge is 2.18. The minimum absolute atomic E-state index is 0.246. The molecule has 3 aromatic rings. The fourth-order valence-electron chi connectivity index (χ4n) is 3.80. The summed E-state index contributed by atoms with van der Waals surface area (Å²) in [6, 6.07) is 17.1. The summed E-state index contributed by atoms with van der Waals surface area (Å²) in [5.41, 5.74) is 3.26. The van der Waals surface area contributed by atoms with Gasteiger partial charge >= 0.3 is 0 Å². The van der Waals surface area contributed by atoms with Crippen LogP contribution < -0.4 is 15.0 Å². The van der Waals surface area contributed by atoms with E-state index in [0.29, 0.717) is 32.8 Å². The lowest BCUT2D eigenvalue weighted by molar-refractivity contribution is -0.118. The number of hydrogen-bond donors (Lipinski definition) is 1. The molecule has 0 atom stereocenters. The number of aryl methyl sites for hydroxylation is 1. The fraction of sp³-hybridized carbons (Fsp3) is 0.231. The molecule has 0 radical (unpaired) electrons. The number of amides is 1. The third-order valence-electron chi connectivity index (χ3n) is 5.66. The number of rotatable bonds is 7. The minimum Gasteiger partial charge on any atom is -0.483 e. The third kappa shape index (κ3) is 6.42. The Balaban J connectivity index is 1.42. The van der Waals surface area contributed by atoms with Crippen LogP contribution in [0.4, 0.5) is 11.4 Å². The van der Waals surface area contributed by atoms with Gasteiger partial charge in [0.2, 0.25) is 0 Å². The molecule has 9 heteroatoms. The van der Waals surface area contributed by atoms with E-state index in [4.69, 9.17) is 27.9 Å². The molecule has 1 fully saturated rings. The number of nitrogens with zero attached hydrogens (tertiary/aromatic N) is 1. The second kappa shape index (κ2) is 11.2. The first kappa shape index (κ1) is 25.2. The molecular weight excluding hydrogens is 507 g/mol. The Hall–Kier alpha value is -2.87. The predicted octanol–water partition coefficient (Wildman–Crippen LogP) is 5.12. The lowest BCUT2D eigenvalue weighted by atomic mass is 10.0. The van der Waals surface area contributed by atoms with Crippen LogP contribution in [0.25, 0.3) is 0 Å². The molecule has 4 rings (SSSR count). The zero-order valence-electron chi connectivity index (χ0n) is 19.1. The topological polar surface area (TPSA) is 75.7 Å². The molecule has 6 nitrogen and oxygen atoms in total. The molecule has 0 aromatic heterocycles. The summed E-state index contributed by atoms with van der Waals surface area (Å²) in [6.07, 6.45) is 0. The van der Waals surface area contributed by atoms with E-state index in [-0.39, 0.29) is 29.6 Å². The number of ether oxygens (including phenoxy) is 1. The van der Waals surface area contributed by atoms with Crippen molar-refractivity contribution in [3.05, 3.63) is 87.4 Å². The van der Waals surface area contributed by atoms with Crippen LogP contribution in [0.1, 0.15) is 21.5 Å². The summed E-state index contributed by atoms with van der Waals surface area (Å²) < 4.78 is 17.3. The van der Waals surface area contributed by atoms with Crippen molar-refractivity contribution < 1.29 is 18.5 Å². The normalized spacial score (nSPS) is 14.0. The van der Waals surface area contributed by atoms with Gasteiger partial charge in [0, 0.05) is 62.4 Å². The summed E-state index contributed by atoms with van der Waals surface area (Å²) in [5, 5.41) is 3.68. The second-order valence-corrected chi connectivity index (χ2v) is 10.7. The monoisotopic (exact) mass is 530 g/mol. The van der Waals surface area contributed by atoms with Gasteiger partial charge in [0.25, 0.3) is 5.91 Å². The van der Waals surface area contributed by atoms with Gasteiger partial charge in [0.05, 0.1) is 5.56 Å². The van der Waals surface area contributed by atoms with Gasteiger partial charge in [0.1, 0.15) is 5.75 Å². The van der Waals surface area contributed by atoms with Gasteiger partial charge in [-0.05, 0) is 61.0 Å². The Bertz CT molecular complexity index is 1290. The molecule has 1 heterocycles. The Kier molecular flexibility index (Phi) is 8.11. The summed E-state index contributed by atoms with van der Waals surface area (Å²) in [7, 11) is -0.736. The zero-order valence-corrected chi connectivity index (χ0v) is 21.4. The summed E-state index contributed by atoms with van der Waals surface area (Å²) in [4.78, 5) is 27.8. The van der Waals surface area contributed by atoms with Gasteiger partial charge in [-0.2, -0.15) is 0 Å². The van der Waals surface area contributed by atoms with Gasteiger partial charge in [-0.1, -0.05) is 35.3 Å². The SMILES string of the molecule is Cc1cc(N2CCS(=O)CC2)ccc1NC(=O)COc1ccc(Cl)cc1C(=O)c1cccc(Cl)c1. The number of nitrogens with one attached hydrogen (secondary N) is 1. The van der Waals surface area contributed by atoms with Gasteiger partial charge < -0.3 is 15.0 Å². The first-order valence-corrected chi connectivity index (χ1v) is 13.3. The molecule has 0 unspecified atom stereocenters. The van der Waals surface area contributed by atoms with Crippen LogP contribution in [0.5, 0.6) is 5.75 Å². The van der Waals surface area contributed by atoms with Crippen LogP contribution in [0.2, 0.25) is 10.0 Å². The predicted molar refractivity (Wildman–Crippen MR) is 142 cm³/mol. The molecule has 0 spiro atoms. The van der Waals surface area contributed by atoms with E-state index in [1.165, 1.54) is 6.07 Å². The summed E-state index contributed by atoms with van der Waals surface area (Å²) in [5.74, 6) is 0.927. The average molecular weight is 531 g/mol. The highest BCUT2D eigenvalue weighted by molar-refractivity contribution is 7.85. The molecule has 0 aliphatic carbocycles. The molecule has 1 aliphatic heterocycles. The Morgan fingerprint density at radius 2 is 1.74 bits per heavy atom. The number of ketones is 1. The molecule has 1 amide bonds. The largest absolute Gasteiger partial charge is 0.483 e. The highest BCUT2D eigenvalue weighted by atomic mass is 35.5. The molecule has 1 aliphatic rings. The minimum atomic E-state index is -0.736. The van der Waals surface area contributed by atoms with Crippen LogP contribution in [-0.4, -0.2) is 47.1 Å². The number of hydrogen-bond acceptors (Lipinski definition) is 5. The fourth-order valence-corrected chi connectivity index (χ4v) is 5.22. The van der Waals surface area contributed by atoms with Crippen molar-refractivity contribution >= 4 is 57.1 Å². The second-order valence-electron chi connectivity index (χ2n) is 8.15. The van der Waals surface area contributed by atoms with Crippen molar-refractivity contribution in [1.82, 2.24) is 0 Å². The van der Waals surface area contributed by atoms with Gasteiger partial charge in [-0.15, -0.1) is 0 Å². The van der Waals surface area contributed by atoms with Crippen LogP contribution in [-0.2, 0) is 15.6 Å². The van der Waals surface area contributed by atoms with Crippen molar-refractivity contribution in [3.63, 3.8) is 0 Å². The maximum Gasteiger partial charge on any atom is 0.262 e. The van der Waals surface area contributed by atoms with E-state index in [1.807, 2.05) is 25.1 Å². The van der Waals surface area contributed by atoms with Crippen molar-refractivity contribution in [3.8, 4) is 5.75 Å². The smallest absolute Gasteiger partial charge is 0.262 e. The molecule has 0 bridgehead atoms. The third-order valence-corrected chi connectivity index (χ3v) is 7.40. The standard InChI is InChI=1S/C26H24Cl2N2O4S/c1-17-13-21(30-9-11-35(33)12-10-30)6-7-23(17)29-25(31)16-34-24-8-5-20(28)15-22(24)26(32)18-3-2-4-19(27)14-18/h2-8,13-15H,9-12,16H2,1H3,(H,29,31). The number of benzene rings is 3. The number of carbonyl (C=O) groups excluding carboxylic acids is 2. The van der Waals surface area contributed by atoms with E-state index in [0.717, 1.165) is 24.3 Å². The van der Waals surface area contributed by atoms with E-state index in [2.05, 4.69) is 10.2 Å². The number of anilines is 2. The molecular formula is C26H24Cl2N2O4S. The van der Waals surface area contributed by atoms with Gasteiger partial charge in [-0.25, -0.2) is 0 Å². The Morgan fingerprint density at radius 3 is 2.46 bits per heavy atom. The van der Waals surface area contributed by atoms with Crippen molar-refractivity contribution in [1.29, 1.82) is 0 Å². The lowest BCUT2D eigenvalue weighted by Crippen LogP contribution is -2.37. The average Bonchev–Trinajstić information content (AvgIpc) is 2.84. The molecule has 35 heavy (non-hydrogen) atoms. The Morgan fingerprint density at radius 1 is 1.00 bits per heavy atom. The van der Waals surface area contributed by atoms with Crippen LogP contribution in [0.15, 0.2) is 60.7 Å². The maximum atomic E-state index is 13.0. The van der Waals surface area contributed by atoms with Gasteiger partial charge in [-0.3, -0.25) is 13.8 Å². The van der Waals surface area contributed by atoms with Crippen molar-refractivity contribution in [2.24, 2.45) is 0 Å². The quantitative estimate of drug-likeness (QED) is 0.429. The molecule has 3 aromatic carbocycles. The van der Waals surface area contributed by atoms with Crippen LogP contribution >= 0.6 is 23.2 Å². The number of halogens is 2. The van der Waals surface area contributed by atoms with Crippen molar-refractivity contribution in [2.45, 2.75) is 6.92 Å². The number of carbonyl (C=O) groups is 2. The van der Waals surface area contributed by atoms with E-state index < -0.39 is 10.8 Å². The van der Waals surface area contributed by atoms with Gasteiger partial charge in [0.15, 0.2) is 12.4 Å². The maximum absolute atomic E-state index is 13.0. The zero-order chi connectivity index (χ0) is 24.9. The molecule has 182 valence electrons. The summed E-state index contributed by atoms with van der Waals surface area (Å²) >= 11 is 12.1. The molecule has 1 N–H and O–H groups in total. The Labute approximate surface area is 216 Å².